The maximum absolute atomic E-state index is 11.9. The van der Waals surface area contributed by atoms with Gasteiger partial charge in [-0.3, -0.25) is 0 Å². The van der Waals surface area contributed by atoms with Crippen LogP contribution < -0.4 is 5.32 Å². The summed E-state index contributed by atoms with van der Waals surface area (Å²) >= 11 is 5.63. The van der Waals surface area contributed by atoms with E-state index in [1.54, 1.807) is 0 Å². The van der Waals surface area contributed by atoms with Crippen LogP contribution in [0.3, 0.4) is 0 Å². The van der Waals surface area contributed by atoms with Gasteiger partial charge in [0, 0.05) is 18.3 Å². The van der Waals surface area contributed by atoms with Crippen molar-refractivity contribution in [2.45, 2.75) is 25.9 Å². The molecule has 132 valence electrons. The SMILES string of the molecule is Cc1cccc(NC(=S)N(Cc2ccccc2)[C@H]2CCS(=O)(=O)C2)c1. The first-order chi connectivity index (χ1) is 11.9. The molecule has 0 bridgehead atoms. The molecule has 0 aliphatic carbocycles. The molecule has 0 amide bonds. The van der Waals surface area contributed by atoms with E-state index in [-0.39, 0.29) is 17.5 Å². The Kier molecular flexibility index (Phi) is 5.39. The Balaban J connectivity index is 1.81. The van der Waals surface area contributed by atoms with Gasteiger partial charge in [0.25, 0.3) is 0 Å². The minimum atomic E-state index is -2.97. The Morgan fingerprint density at radius 3 is 2.60 bits per heavy atom. The van der Waals surface area contributed by atoms with Gasteiger partial charge in [-0.05, 0) is 48.8 Å². The van der Waals surface area contributed by atoms with Crippen LogP contribution in [0.1, 0.15) is 17.5 Å². The van der Waals surface area contributed by atoms with Gasteiger partial charge < -0.3 is 10.2 Å². The molecule has 25 heavy (non-hydrogen) atoms. The minimum Gasteiger partial charge on any atom is -0.341 e. The first kappa shape index (κ1) is 17.9. The zero-order valence-corrected chi connectivity index (χ0v) is 15.8. The molecule has 0 spiro atoms. The minimum absolute atomic E-state index is 0.0879. The molecule has 0 unspecified atom stereocenters. The van der Waals surface area contributed by atoms with E-state index in [1.807, 2.05) is 66.4 Å². The number of thiocarbonyl (C=S) groups is 1. The van der Waals surface area contributed by atoms with Crippen LogP contribution in [0.2, 0.25) is 0 Å². The highest BCUT2D eigenvalue weighted by Gasteiger charge is 2.33. The fraction of sp³-hybridized carbons (Fsp3) is 0.316. The molecule has 1 atom stereocenters. The summed E-state index contributed by atoms with van der Waals surface area (Å²) < 4.78 is 23.9. The summed E-state index contributed by atoms with van der Waals surface area (Å²) in [6.07, 6.45) is 0.616. The Labute approximate surface area is 154 Å². The first-order valence-corrected chi connectivity index (χ1v) is 10.5. The Hall–Kier alpha value is -1.92. The van der Waals surface area contributed by atoms with Crippen LogP contribution in [0.5, 0.6) is 0 Å². The molecule has 1 N–H and O–H groups in total. The lowest BCUT2D eigenvalue weighted by Crippen LogP contribution is -2.43. The molecule has 2 aromatic carbocycles. The van der Waals surface area contributed by atoms with Gasteiger partial charge in [-0.1, -0.05) is 42.5 Å². The molecule has 0 aromatic heterocycles. The van der Waals surface area contributed by atoms with Crippen LogP contribution in [0.15, 0.2) is 54.6 Å². The largest absolute Gasteiger partial charge is 0.341 e. The molecule has 1 heterocycles. The molecule has 2 aromatic rings. The smallest absolute Gasteiger partial charge is 0.174 e. The number of rotatable bonds is 4. The highest BCUT2D eigenvalue weighted by molar-refractivity contribution is 7.91. The number of hydrogen-bond acceptors (Lipinski definition) is 3. The number of sulfone groups is 1. The molecule has 1 saturated heterocycles. The zero-order chi connectivity index (χ0) is 17.9. The van der Waals surface area contributed by atoms with Crippen LogP contribution in [-0.4, -0.2) is 36.0 Å². The van der Waals surface area contributed by atoms with Crippen molar-refractivity contribution in [1.29, 1.82) is 0 Å². The van der Waals surface area contributed by atoms with Gasteiger partial charge in [0.05, 0.1) is 11.5 Å². The Morgan fingerprint density at radius 1 is 1.20 bits per heavy atom. The summed E-state index contributed by atoms with van der Waals surface area (Å²) in [7, 11) is -2.97. The molecule has 1 aliphatic heterocycles. The van der Waals surface area contributed by atoms with E-state index in [0.29, 0.717) is 18.1 Å². The van der Waals surface area contributed by atoms with Crippen molar-refractivity contribution in [3.05, 3.63) is 65.7 Å². The molecular formula is C19H22N2O2S2. The molecule has 0 radical (unpaired) electrons. The highest BCUT2D eigenvalue weighted by Crippen LogP contribution is 2.22. The van der Waals surface area contributed by atoms with E-state index < -0.39 is 9.84 Å². The van der Waals surface area contributed by atoms with Gasteiger partial charge in [-0.25, -0.2) is 8.42 Å². The van der Waals surface area contributed by atoms with Crippen molar-refractivity contribution in [3.63, 3.8) is 0 Å². The van der Waals surface area contributed by atoms with Gasteiger partial charge in [0.1, 0.15) is 0 Å². The second kappa shape index (κ2) is 7.54. The molecule has 1 aliphatic rings. The average Bonchev–Trinajstić information content (AvgIpc) is 2.93. The monoisotopic (exact) mass is 374 g/mol. The van der Waals surface area contributed by atoms with E-state index >= 15 is 0 Å². The van der Waals surface area contributed by atoms with Crippen LogP contribution in [0.4, 0.5) is 5.69 Å². The average molecular weight is 375 g/mol. The predicted octanol–water partition coefficient (Wildman–Crippen LogP) is 3.38. The van der Waals surface area contributed by atoms with Crippen molar-refractivity contribution in [2.24, 2.45) is 0 Å². The number of aryl methyl sites for hydroxylation is 1. The summed E-state index contributed by atoms with van der Waals surface area (Å²) in [5, 5.41) is 3.84. The predicted molar refractivity (Wildman–Crippen MR) is 106 cm³/mol. The Morgan fingerprint density at radius 2 is 1.96 bits per heavy atom. The van der Waals surface area contributed by atoms with E-state index in [9.17, 15) is 8.42 Å². The van der Waals surface area contributed by atoms with E-state index in [2.05, 4.69) is 5.32 Å². The summed E-state index contributed by atoms with van der Waals surface area (Å²) in [5.74, 6) is 0.394. The van der Waals surface area contributed by atoms with Crippen molar-refractivity contribution >= 4 is 32.9 Å². The molecular weight excluding hydrogens is 352 g/mol. The van der Waals surface area contributed by atoms with Gasteiger partial charge >= 0.3 is 0 Å². The maximum atomic E-state index is 11.9. The molecule has 1 fully saturated rings. The lowest BCUT2D eigenvalue weighted by molar-refractivity contribution is 0.332. The van der Waals surface area contributed by atoms with E-state index in [1.165, 1.54) is 0 Å². The lowest BCUT2D eigenvalue weighted by atomic mass is 10.1. The number of nitrogens with zero attached hydrogens (tertiary/aromatic N) is 1. The summed E-state index contributed by atoms with van der Waals surface area (Å²) in [6, 6.07) is 17.9. The number of anilines is 1. The third-order valence-corrected chi connectivity index (χ3v) is 6.46. The number of nitrogens with one attached hydrogen (secondary N) is 1. The maximum Gasteiger partial charge on any atom is 0.174 e. The van der Waals surface area contributed by atoms with Gasteiger partial charge in [-0.2, -0.15) is 0 Å². The van der Waals surface area contributed by atoms with Crippen LogP contribution in [0, 0.1) is 6.92 Å². The van der Waals surface area contributed by atoms with Crippen molar-refractivity contribution < 1.29 is 8.42 Å². The summed E-state index contributed by atoms with van der Waals surface area (Å²) in [6.45, 7) is 2.62. The van der Waals surface area contributed by atoms with Crippen LogP contribution >= 0.6 is 12.2 Å². The lowest BCUT2D eigenvalue weighted by Gasteiger charge is -2.31. The quantitative estimate of drug-likeness (QED) is 0.832. The molecule has 6 heteroatoms. The standard InChI is InChI=1S/C19H22N2O2S2/c1-15-6-5-9-17(12-15)20-19(24)21(13-16-7-3-2-4-8-16)18-10-11-25(22,23)14-18/h2-9,12,18H,10-11,13-14H2,1H3,(H,20,24)/t18-/m0/s1. The third kappa shape index (κ3) is 4.80. The molecule has 4 nitrogen and oxygen atoms in total. The zero-order valence-electron chi connectivity index (χ0n) is 14.2. The van der Waals surface area contributed by atoms with Crippen molar-refractivity contribution in [2.75, 3.05) is 16.8 Å². The van der Waals surface area contributed by atoms with Gasteiger partial charge in [0.15, 0.2) is 14.9 Å². The van der Waals surface area contributed by atoms with Gasteiger partial charge in [0.2, 0.25) is 0 Å². The van der Waals surface area contributed by atoms with Crippen molar-refractivity contribution in [1.82, 2.24) is 4.90 Å². The fourth-order valence-corrected chi connectivity index (χ4v) is 5.15. The third-order valence-electron chi connectivity index (χ3n) is 4.38. The topological polar surface area (TPSA) is 49.4 Å². The second-order valence-corrected chi connectivity index (χ2v) is 9.09. The first-order valence-electron chi connectivity index (χ1n) is 8.31. The number of hydrogen-bond donors (Lipinski definition) is 1. The second-order valence-electron chi connectivity index (χ2n) is 6.47. The van der Waals surface area contributed by atoms with Crippen LogP contribution in [-0.2, 0) is 16.4 Å². The molecule has 3 rings (SSSR count). The highest BCUT2D eigenvalue weighted by atomic mass is 32.2. The summed E-state index contributed by atoms with van der Waals surface area (Å²) in [5.41, 5.74) is 3.18. The van der Waals surface area contributed by atoms with E-state index in [4.69, 9.17) is 12.2 Å². The van der Waals surface area contributed by atoms with Gasteiger partial charge in [-0.15, -0.1) is 0 Å². The van der Waals surface area contributed by atoms with Crippen molar-refractivity contribution in [3.8, 4) is 0 Å². The summed E-state index contributed by atoms with van der Waals surface area (Å²) in [4.78, 5) is 2.01. The fourth-order valence-electron chi connectivity index (χ4n) is 3.09. The molecule has 0 saturated carbocycles. The normalized spacial score (nSPS) is 18.7. The van der Waals surface area contributed by atoms with Crippen LogP contribution in [0.25, 0.3) is 0 Å². The van der Waals surface area contributed by atoms with E-state index in [0.717, 1.165) is 16.8 Å². The Bertz CT molecular complexity index is 851. The number of benzene rings is 2.